The first-order valence-corrected chi connectivity index (χ1v) is 5.84. The van der Waals surface area contributed by atoms with Gasteiger partial charge in [-0.25, -0.2) is 0 Å². The van der Waals surface area contributed by atoms with Crippen LogP contribution in [0.5, 0.6) is 0 Å². The molecular formula is C15H15N3O. The molecule has 0 heterocycles. The molecule has 0 bridgehead atoms. The minimum atomic E-state index is -0.482. The van der Waals surface area contributed by atoms with Crippen LogP contribution in [0.15, 0.2) is 48.5 Å². The number of hydrogen-bond acceptors (Lipinski definition) is 3. The van der Waals surface area contributed by atoms with Gasteiger partial charge in [0.25, 0.3) is 0 Å². The first kappa shape index (κ1) is 12.9. The van der Waals surface area contributed by atoms with Crippen LogP contribution in [0.3, 0.4) is 0 Å². The number of nitrogen functional groups attached to an aromatic ring is 1. The van der Waals surface area contributed by atoms with Gasteiger partial charge in [0.1, 0.15) is 0 Å². The van der Waals surface area contributed by atoms with Gasteiger partial charge in [-0.05, 0) is 23.3 Å². The molecule has 0 fully saturated rings. The number of carbonyl (C=O) groups excluding carboxylic acids is 1. The van der Waals surface area contributed by atoms with E-state index in [-0.39, 0.29) is 0 Å². The largest absolute Gasteiger partial charge is 0.366 e. The molecule has 0 aliphatic rings. The Morgan fingerprint density at radius 1 is 1.05 bits per heavy atom. The third kappa shape index (κ3) is 3.20. The zero-order chi connectivity index (χ0) is 13.7. The van der Waals surface area contributed by atoms with Crippen molar-refractivity contribution in [3.8, 4) is 0 Å². The highest BCUT2D eigenvalue weighted by Crippen LogP contribution is 2.17. The summed E-state index contributed by atoms with van der Waals surface area (Å²) < 4.78 is 0. The van der Waals surface area contributed by atoms with Crippen molar-refractivity contribution in [2.75, 3.05) is 5.43 Å². The molecule has 1 amide bonds. The molecule has 4 heteroatoms. The van der Waals surface area contributed by atoms with Crippen LogP contribution < -0.4 is 17.0 Å². The zero-order valence-corrected chi connectivity index (χ0v) is 10.3. The first-order chi connectivity index (χ1) is 9.20. The Kier molecular flexibility index (Phi) is 3.95. The summed E-state index contributed by atoms with van der Waals surface area (Å²) in [7, 11) is 0. The van der Waals surface area contributed by atoms with E-state index in [4.69, 9.17) is 11.6 Å². The molecular weight excluding hydrogens is 238 g/mol. The number of hydrogen-bond donors (Lipinski definition) is 3. The van der Waals surface area contributed by atoms with Crippen molar-refractivity contribution in [2.24, 2.45) is 11.6 Å². The van der Waals surface area contributed by atoms with Gasteiger partial charge in [0.2, 0.25) is 5.91 Å². The average molecular weight is 253 g/mol. The summed E-state index contributed by atoms with van der Waals surface area (Å²) in [5, 5.41) is 0. The second-order valence-electron chi connectivity index (χ2n) is 4.05. The van der Waals surface area contributed by atoms with Crippen molar-refractivity contribution in [3.63, 3.8) is 0 Å². The van der Waals surface area contributed by atoms with Gasteiger partial charge in [0, 0.05) is 11.3 Å². The fourth-order valence-corrected chi connectivity index (χ4v) is 1.75. The molecule has 2 aromatic rings. The second kappa shape index (κ2) is 5.84. The van der Waals surface area contributed by atoms with Crippen molar-refractivity contribution >= 4 is 23.7 Å². The molecule has 0 spiro atoms. The minimum Gasteiger partial charge on any atom is -0.366 e. The maximum absolute atomic E-state index is 11.4. The number of benzene rings is 2. The standard InChI is InChI=1S/C15H15N3O/c16-15(19)14-10-13(18-17)9-8-12(14)7-6-11-4-2-1-3-5-11/h1-10,18H,17H2,(H2,16,19). The highest BCUT2D eigenvalue weighted by atomic mass is 16.1. The summed E-state index contributed by atoms with van der Waals surface area (Å²) in [6, 6.07) is 15.0. The highest BCUT2D eigenvalue weighted by Gasteiger charge is 2.06. The molecule has 19 heavy (non-hydrogen) atoms. The van der Waals surface area contributed by atoms with Gasteiger partial charge in [-0.3, -0.25) is 10.6 Å². The predicted octanol–water partition coefficient (Wildman–Crippen LogP) is 2.24. The van der Waals surface area contributed by atoms with E-state index in [2.05, 4.69) is 5.43 Å². The van der Waals surface area contributed by atoms with Crippen LogP contribution in [0.4, 0.5) is 5.69 Å². The predicted molar refractivity (Wildman–Crippen MR) is 78.1 cm³/mol. The maximum atomic E-state index is 11.4. The fraction of sp³-hybridized carbons (Fsp3) is 0. The third-order valence-electron chi connectivity index (χ3n) is 2.74. The van der Waals surface area contributed by atoms with E-state index in [1.165, 1.54) is 0 Å². The Morgan fingerprint density at radius 2 is 1.79 bits per heavy atom. The minimum absolute atomic E-state index is 0.433. The first-order valence-electron chi connectivity index (χ1n) is 5.84. The lowest BCUT2D eigenvalue weighted by Crippen LogP contribution is -2.14. The van der Waals surface area contributed by atoms with E-state index in [1.54, 1.807) is 18.2 Å². The molecule has 4 nitrogen and oxygen atoms in total. The van der Waals surface area contributed by atoms with Crippen molar-refractivity contribution in [1.29, 1.82) is 0 Å². The molecule has 0 atom stereocenters. The topological polar surface area (TPSA) is 81.1 Å². The van der Waals surface area contributed by atoms with Crippen LogP contribution in [0, 0.1) is 0 Å². The summed E-state index contributed by atoms with van der Waals surface area (Å²) in [5.74, 6) is 4.83. The van der Waals surface area contributed by atoms with E-state index in [9.17, 15) is 4.79 Å². The lowest BCUT2D eigenvalue weighted by molar-refractivity contribution is 0.1000. The van der Waals surface area contributed by atoms with E-state index in [0.29, 0.717) is 11.3 Å². The van der Waals surface area contributed by atoms with Crippen LogP contribution in [0.25, 0.3) is 12.2 Å². The van der Waals surface area contributed by atoms with Crippen molar-refractivity contribution < 1.29 is 4.79 Å². The number of nitrogens with one attached hydrogen (secondary N) is 1. The van der Waals surface area contributed by atoms with Crippen LogP contribution in [-0.4, -0.2) is 5.91 Å². The van der Waals surface area contributed by atoms with Gasteiger partial charge < -0.3 is 11.2 Å². The average Bonchev–Trinajstić information content (AvgIpc) is 2.46. The monoisotopic (exact) mass is 253 g/mol. The summed E-state index contributed by atoms with van der Waals surface area (Å²) in [6.07, 6.45) is 3.78. The van der Waals surface area contributed by atoms with Crippen LogP contribution >= 0.6 is 0 Å². The summed E-state index contributed by atoms with van der Waals surface area (Å²) in [4.78, 5) is 11.4. The second-order valence-corrected chi connectivity index (χ2v) is 4.05. The number of carbonyl (C=O) groups is 1. The molecule has 0 saturated heterocycles. The summed E-state index contributed by atoms with van der Waals surface area (Å²) in [5.41, 5.74) is 10.7. The molecule has 0 aliphatic heterocycles. The summed E-state index contributed by atoms with van der Waals surface area (Å²) in [6.45, 7) is 0. The van der Waals surface area contributed by atoms with Gasteiger partial charge in [-0.15, -0.1) is 0 Å². The van der Waals surface area contributed by atoms with Gasteiger partial charge in [0.15, 0.2) is 0 Å². The summed E-state index contributed by atoms with van der Waals surface area (Å²) >= 11 is 0. The van der Waals surface area contributed by atoms with Gasteiger partial charge in [-0.1, -0.05) is 48.6 Å². The molecule has 96 valence electrons. The smallest absolute Gasteiger partial charge is 0.249 e. The van der Waals surface area contributed by atoms with E-state index in [1.807, 2.05) is 42.5 Å². The SMILES string of the molecule is NNc1ccc(C=Cc2ccccc2)c(C(N)=O)c1. The molecule has 0 unspecified atom stereocenters. The Hall–Kier alpha value is -2.59. The zero-order valence-electron chi connectivity index (χ0n) is 10.3. The van der Waals surface area contributed by atoms with E-state index < -0.39 is 5.91 Å². The Morgan fingerprint density at radius 3 is 2.42 bits per heavy atom. The highest BCUT2D eigenvalue weighted by molar-refractivity contribution is 5.98. The fourth-order valence-electron chi connectivity index (χ4n) is 1.75. The number of primary amides is 1. The molecule has 5 N–H and O–H groups in total. The van der Waals surface area contributed by atoms with Crippen molar-refractivity contribution in [1.82, 2.24) is 0 Å². The Balaban J connectivity index is 2.34. The lowest BCUT2D eigenvalue weighted by Gasteiger charge is -2.05. The molecule has 0 radical (unpaired) electrons. The Bertz CT molecular complexity index is 606. The van der Waals surface area contributed by atoms with Gasteiger partial charge in [-0.2, -0.15) is 0 Å². The molecule has 0 aromatic heterocycles. The van der Waals surface area contributed by atoms with Gasteiger partial charge >= 0.3 is 0 Å². The number of amides is 1. The lowest BCUT2D eigenvalue weighted by atomic mass is 10.0. The number of anilines is 1. The normalized spacial score (nSPS) is 10.6. The van der Waals surface area contributed by atoms with Crippen LogP contribution in [0.1, 0.15) is 21.5 Å². The number of nitrogens with two attached hydrogens (primary N) is 2. The van der Waals surface area contributed by atoms with E-state index in [0.717, 1.165) is 11.1 Å². The van der Waals surface area contributed by atoms with Crippen LogP contribution in [-0.2, 0) is 0 Å². The quantitative estimate of drug-likeness (QED) is 0.444. The number of hydrazine groups is 1. The molecule has 0 aliphatic carbocycles. The molecule has 2 aromatic carbocycles. The van der Waals surface area contributed by atoms with E-state index >= 15 is 0 Å². The van der Waals surface area contributed by atoms with Crippen molar-refractivity contribution in [3.05, 3.63) is 65.2 Å². The van der Waals surface area contributed by atoms with Gasteiger partial charge in [0.05, 0.1) is 0 Å². The van der Waals surface area contributed by atoms with Crippen molar-refractivity contribution in [2.45, 2.75) is 0 Å². The Labute approximate surface area is 111 Å². The maximum Gasteiger partial charge on any atom is 0.249 e. The third-order valence-corrected chi connectivity index (χ3v) is 2.74. The number of rotatable bonds is 4. The van der Waals surface area contributed by atoms with Crippen LogP contribution in [0.2, 0.25) is 0 Å². The molecule has 2 rings (SSSR count). The molecule has 0 saturated carbocycles.